The number of hydrogen-bond donors (Lipinski definition) is 0. The van der Waals surface area contributed by atoms with Crippen LogP contribution in [-0.4, -0.2) is 18.4 Å². The van der Waals surface area contributed by atoms with Gasteiger partial charge in [-0.05, 0) is 0 Å². The summed E-state index contributed by atoms with van der Waals surface area (Å²) in [4.78, 5) is 0. The minimum atomic E-state index is -3.41. The molecule has 23 heavy (non-hydrogen) atoms. The first-order chi connectivity index (χ1) is 11.4. The van der Waals surface area contributed by atoms with Crippen molar-refractivity contribution in [3.05, 3.63) is 91.0 Å². The second-order valence-corrected chi connectivity index (χ2v) is 15.2. The zero-order valence-electron chi connectivity index (χ0n) is 12.7. The predicted octanol–water partition coefficient (Wildman–Crippen LogP) is 2.33. The third kappa shape index (κ3) is 3.04. The van der Waals surface area contributed by atoms with Crippen LogP contribution in [0.25, 0.3) is 0 Å². The fourth-order valence-corrected chi connectivity index (χ4v) is 13.7. The van der Waals surface area contributed by atoms with Gasteiger partial charge in [0.1, 0.15) is 0 Å². The fourth-order valence-electron chi connectivity index (χ4n) is 2.91. The van der Waals surface area contributed by atoms with Crippen molar-refractivity contribution >= 4 is 29.1 Å². The number of hydrogen-bond acceptors (Lipinski definition) is 0. The zero-order valence-corrected chi connectivity index (χ0v) is 15.6. The Balaban J connectivity index is 2.38. The van der Waals surface area contributed by atoms with E-state index in [9.17, 15) is 0 Å². The molecule has 0 amide bonds. The van der Waals surface area contributed by atoms with Gasteiger partial charge in [-0.25, -0.2) is 0 Å². The summed E-state index contributed by atoms with van der Waals surface area (Å²) in [5, 5.41) is 0. The van der Waals surface area contributed by atoms with Crippen molar-refractivity contribution in [1.82, 2.24) is 0 Å². The van der Waals surface area contributed by atoms with Crippen molar-refractivity contribution in [1.29, 1.82) is 0 Å². The van der Waals surface area contributed by atoms with Crippen molar-refractivity contribution in [3.63, 3.8) is 0 Å². The summed E-state index contributed by atoms with van der Waals surface area (Å²) in [5.74, 6) is 5.48. The van der Waals surface area contributed by atoms with Crippen LogP contribution in [0.3, 0.4) is 0 Å². The Morgan fingerprint density at radius 1 is 0.565 bits per heavy atom. The molecule has 1 heteroatoms. The molecule has 0 N–H and O–H groups in total. The van der Waals surface area contributed by atoms with E-state index >= 15 is 0 Å². The summed E-state index contributed by atoms with van der Waals surface area (Å²) in [6, 6.07) is 31.8. The van der Waals surface area contributed by atoms with Gasteiger partial charge < -0.3 is 0 Å². The molecule has 0 fully saturated rings. The van der Waals surface area contributed by atoms with Gasteiger partial charge >= 0.3 is 142 Å². The molecular weight excluding hydrogens is 383 g/mol. The quantitative estimate of drug-likeness (QED) is 0.469. The van der Waals surface area contributed by atoms with Crippen molar-refractivity contribution in [2.75, 3.05) is 0 Å². The Morgan fingerprint density at radius 3 is 1.22 bits per heavy atom. The monoisotopic (exact) mass is 400 g/mol. The van der Waals surface area contributed by atoms with E-state index in [1.165, 1.54) is 10.7 Å². The molecule has 0 radical (unpaired) electrons. The van der Waals surface area contributed by atoms with Gasteiger partial charge in [-0.3, -0.25) is 0 Å². The normalized spacial score (nSPS) is 10.2. The van der Waals surface area contributed by atoms with Crippen LogP contribution in [0.2, 0.25) is 0 Å². The maximum atomic E-state index is 5.48. The first kappa shape index (κ1) is 15.5. The molecule has 0 aliphatic carbocycles. The maximum absolute atomic E-state index is 5.48. The van der Waals surface area contributed by atoms with Crippen LogP contribution in [0.15, 0.2) is 91.0 Å². The minimum absolute atomic E-state index is 1.32. The molecule has 0 heterocycles. The number of benzene rings is 3. The Labute approximate surface area is 142 Å². The number of rotatable bonds is 3. The second kappa shape index (κ2) is 7.23. The van der Waals surface area contributed by atoms with Crippen LogP contribution in [0.4, 0.5) is 0 Å². The van der Waals surface area contributed by atoms with E-state index in [2.05, 4.69) is 88.6 Å². The second-order valence-electron chi connectivity index (χ2n) is 5.24. The first-order valence-corrected chi connectivity index (χ1v) is 13.2. The van der Waals surface area contributed by atoms with Crippen LogP contribution >= 0.6 is 0 Å². The van der Waals surface area contributed by atoms with E-state index in [1.807, 2.05) is 18.2 Å². The Kier molecular flexibility index (Phi) is 4.86. The van der Waals surface area contributed by atoms with Gasteiger partial charge in [-0.2, -0.15) is 0 Å². The van der Waals surface area contributed by atoms with Crippen molar-refractivity contribution < 1.29 is 0 Å². The molecule has 3 aromatic rings. The van der Waals surface area contributed by atoms with E-state index in [1.54, 1.807) is 0 Å². The molecule has 3 aromatic carbocycles. The van der Waals surface area contributed by atoms with E-state index in [0.29, 0.717) is 0 Å². The van der Waals surface area contributed by atoms with Gasteiger partial charge in [-0.1, -0.05) is 0 Å². The van der Waals surface area contributed by atoms with Crippen molar-refractivity contribution in [2.24, 2.45) is 0 Å². The first-order valence-electron chi connectivity index (χ1n) is 7.52. The van der Waals surface area contributed by atoms with Gasteiger partial charge in [0.2, 0.25) is 0 Å². The van der Waals surface area contributed by atoms with Crippen LogP contribution in [0.1, 0.15) is 0 Å². The van der Waals surface area contributed by atoms with Crippen LogP contribution in [-0.2, 0) is 0 Å². The van der Waals surface area contributed by atoms with Crippen LogP contribution < -0.4 is 10.7 Å². The summed E-state index contributed by atoms with van der Waals surface area (Å²) in [6.07, 6.45) is 5.48. The fraction of sp³-hybridized carbons (Fsp3) is 0. The third-order valence-electron chi connectivity index (χ3n) is 3.94. The summed E-state index contributed by atoms with van der Waals surface area (Å²) in [6.45, 7) is 0. The van der Waals surface area contributed by atoms with Gasteiger partial charge in [0.15, 0.2) is 0 Å². The SMILES string of the molecule is C#CC#[C][Sn]([c]1ccccc1)([c]1ccccc1)[c]1ccccc1. The predicted molar refractivity (Wildman–Crippen MR) is 101 cm³/mol. The molecule has 0 saturated heterocycles. The molecule has 0 unspecified atom stereocenters. The Morgan fingerprint density at radius 2 is 0.913 bits per heavy atom. The van der Waals surface area contributed by atoms with Gasteiger partial charge in [0, 0.05) is 0 Å². The standard InChI is InChI=1S/3C6H5.C4H.Sn/c3*1-2-4-6-5-3-1;1-3-4-2;/h3*1-5H;1H;. The average Bonchev–Trinajstić information content (AvgIpc) is 2.65. The molecule has 3 rings (SSSR count). The summed E-state index contributed by atoms with van der Waals surface area (Å²) in [7, 11) is 0. The van der Waals surface area contributed by atoms with Crippen molar-refractivity contribution in [3.8, 4) is 22.2 Å². The molecule has 0 aliphatic rings. The molecule has 0 aromatic heterocycles. The summed E-state index contributed by atoms with van der Waals surface area (Å²) < 4.78 is 7.52. The van der Waals surface area contributed by atoms with Crippen molar-refractivity contribution in [2.45, 2.75) is 0 Å². The number of terminal acetylenes is 1. The molecule has 0 spiro atoms. The van der Waals surface area contributed by atoms with Crippen LogP contribution in [0, 0.1) is 22.2 Å². The zero-order chi connectivity index (χ0) is 16.0. The molecule has 0 nitrogen and oxygen atoms in total. The van der Waals surface area contributed by atoms with Gasteiger partial charge in [-0.15, -0.1) is 0 Å². The Hall–Kier alpha value is -2.42. The van der Waals surface area contributed by atoms with Gasteiger partial charge in [0.25, 0.3) is 0 Å². The van der Waals surface area contributed by atoms with E-state index in [0.717, 1.165) is 0 Å². The average molecular weight is 399 g/mol. The topological polar surface area (TPSA) is 0 Å². The molecule has 0 aliphatic heterocycles. The molecule has 0 saturated carbocycles. The van der Waals surface area contributed by atoms with E-state index in [-0.39, 0.29) is 0 Å². The molecular formula is C22H16Sn. The molecule has 0 bridgehead atoms. The molecule has 108 valence electrons. The van der Waals surface area contributed by atoms with Gasteiger partial charge in [0.05, 0.1) is 0 Å². The van der Waals surface area contributed by atoms with E-state index < -0.39 is 18.4 Å². The third-order valence-corrected chi connectivity index (χ3v) is 15.6. The van der Waals surface area contributed by atoms with Crippen LogP contribution in [0.5, 0.6) is 0 Å². The van der Waals surface area contributed by atoms with E-state index in [4.69, 9.17) is 6.42 Å². The summed E-state index contributed by atoms with van der Waals surface area (Å²) >= 11 is -3.41. The Bertz CT molecular complexity index is 767. The summed E-state index contributed by atoms with van der Waals surface area (Å²) in [5.41, 5.74) is 0. The molecule has 0 atom stereocenters.